The van der Waals surface area contributed by atoms with E-state index in [0.717, 1.165) is 42.9 Å². The molecule has 33 heavy (non-hydrogen) atoms. The Balaban J connectivity index is 1.27. The first kappa shape index (κ1) is 21.4. The first-order valence-electron chi connectivity index (χ1n) is 11.0. The lowest BCUT2D eigenvalue weighted by molar-refractivity contribution is 0.0985. The van der Waals surface area contributed by atoms with E-state index in [1.54, 1.807) is 24.3 Å². The van der Waals surface area contributed by atoms with E-state index in [0.29, 0.717) is 18.3 Å². The molecule has 7 heteroatoms. The number of benzene rings is 3. The summed E-state index contributed by atoms with van der Waals surface area (Å²) in [5, 5.41) is 8.38. The molecule has 0 amide bonds. The Morgan fingerprint density at radius 1 is 0.727 bits per heavy atom. The van der Waals surface area contributed by atoms with Gasteiger partial charge in [-0.1, -0.05) is 42.5 Å². The van der Waals surface area contributed by atoms with Crippen molar-refractivity contribution in [2.75, 3.05) is 26.2 Å². The predicted octanol–water partition coefficient (Wildman–Crippen LogP) is 4.92. The van der Waals surface area contributed by atoms with Crippen molar-refractivity contribution in [1.82, 2.24) is 20.0 Å². The van der Waals surface area contributed by atoms with Gasteiger partial charge in [0.05, 0.1) is 12.6 Å². The lowest BCUT2D eigenvalue weighted by Crippen LogP contribution is -2.47. The lowest BCUT2D eigenvalue weighted by atomic mass is 9.96. The van der Waals surface area contributed by atoms with E-state index in [4.69, 9.17) is 4.42 Å². The Hall–Kier alpha value is -3.42. The highest BCUT2D eigenvalue weighted by Gasteiger charge is 2.27. The molecule has 0 aliphatic carbocycles. The van der Waals surface area contributed by atoms with Crippen molar-refractivity contribution in [1.29, 1.82) is 0 Å². The van der Waals surface area contributed by atoms with Crippen molar-refractivity contribution in [3.8, 4) is 11.5 Å². The molecule has 5 nitrogen and oxygen atoms in total. The molecule has 0 saturated carbocycles. The van der Waals surface area contributed by atoms with Crippen LogP contribution < -0.4 is 0 Å². The molecular weight excluding hydrogens is 422 g/mol. The van der Waals surface area contributed by atoms with Gasteiger partial charge in [0, 0.05) is 31.7 Å². The second-order valence-electron chi connectivity index (χ2n) is 8.18. The van der Waals surface area contributed by atoms with E-state index in [1.165, 1.54) is 24.3 Å². The monoisotopic (exact) mass is 446 g/mol. The highest BCUT2D eigenvalue weighted by molar-refractivity contribution is 5.51. The van der Waals surface area contributed by atoms with Crippen molar-refractivity contribution in [2.45, 2.75) is 12.6 Å². The molecule has 0 radical (unpaired) electrons. The third-order valence-electron chi connectivity index (χ3n) is 5.99. The molecule has 0 unspecified atom stereocenters. The first-order chi connectivity index (χ1) is 16.2. The zero-order valence-corrected chi connectivity index (χ0v) is 18.1. The molecule has 1 fully saturated rings. The minimum Gasteiger partial charge on any atom is -0.419 e. The minimum absolute atomic E-state index is 0.0681. The van der Waals surface area contributed by atoms with Crippen LogP contribution in [0.25, 0.3) is 11.5 Å². The summed E-state index contributed by atoms with van der Waals surface area (Å²) in [6.07, 6.45) is 0. The fourth-order valence-corrected chi connectivity index (χ4v) is 4.29. The third kappa shape index (κ3) is 4.99. The first-order valence-corrected chi connectivity index (χ1v) is 11.0. The van der Waals surface area contributed by atoms with E-state index in [-0.39, 0.29) is 17.7 Å². The molecule has 168 valence electrons. The number of nitrogens with zero attached hydrogens (tertiary/aromatic N) is 4. The van der Waals surface area contributed by atoms with Gasteiger partial charge in [0.25, 0.3) is 0 Å². The molecule has 1 aliphatic rings. The van der Waals surface area contributed by atoms with Gasteiger partial charge in [0.15, 0.2) is 0 Å². The van der Waals surface area contributed by atoms with Crippen LogP contribution in [0.15, 0.2) is 83.3 Å². The molecule has 0 N–H and O–H groups in total. The lowest BCUT2D eigenvalue weighted by Gasteiger charge is -2.39. The molecule has 5 rings (SSSR count). The van der Waals surface area contributed by atoms with Crippen LogP contribution in [0.4, 0.5) is 8.78 Å². The average molecular weight is 447 g/mol. The van der Waals surface area contributed by atoms with Crippen LogP contribution in [0, 0.1) is 11.6 Å². The third-order valence-corrected chi connectivity index (χ3v) is 5.99. The van der Waals surface area contributed by atoms with Gasteiger partial charge in [-0.25, -0.2) is 8.78 Å². The molecule has 2 heterocycles. The molecule has 1 aromatic heterocycles. The summed E-state index contributed by atoms with van der Waals surface area (Å²) in [6.45, 7) is 3.84. The topological polar surface area (TPSA) is 45.4 Å². The summed E-state index contributed by atoms with van der Waals surface area (Å²) in [7, 11) is 0. The van der Waals surface area contributed by atoms with Crippen molar-refractivity contribution >= 4 is 0 Å². The summed E-state index contributed by atoms with van der Waals surface area (Å²) >= 11 is 0. The van der Waals surface area contributed by atoms with Gasteiger partial charge in [0.2, 0.25) is 11.8 Å². The van der Waals surface area contributed by atoms with E-state index < -0.39 is 0 Å². The highest BCUT2D eigenvalue weighted by atomic mass is 19.1. The average Bonchev–Trinajstić information content (AvgIpc) is 3.32. The normalized spacial score (nSPS) is 15.2. The van der Waals surface area contributed by atoms with Crippen molar-refractivity contribution < 1.29 is 13.2 Å². The quantitative estimate of drug-likeness (QED) is 0.421. The highest BCUT2D eigenvalue weighted by Crippen LogP contribution is 2.30. The summed E-state index contributed by atoms with van der Waals surface area (Å²) in [6, 6.07) is 22.8. The van der Waals surface area contributed by atoms with Crippen molar-refractivity contribution in [2.24, 2.45) is 0 Å². The maximum absolute atomic E-state index is 13.5. The van der Waals surface area contributed by atoms with Gasteiger partial charge in [-0.3, -0.25) is 9.80 Å². The molecule has 1 aliphatic heterocycles. The van der Waals surface area contributed by atoms with Gasteiger partial charge >= 0.3 is 0 Å². The number of aromatic nitrogens is 2. The van der Waals surface area contributed by atoms with Crippen LogP contribution in [0.2, 0.25) is 0 Å². The number of hydrogen-bond acceptors (Lipinski definition) is 5. The van der Waals surface area contributed by atoms with Crippen molar-refractivity contribution in [3.63, 3.8) is 0 Å². The second kappa shape index (κ2) is 9.60. The zero-order chi connectivity index (χ0) is 22.6. The molecule has 0 atom stereocenters. The summed E-state index contributed by atoms with van der Waals surface area (Å²) in [4.78, 5) is 4.63. The van der Waals surface area contributed by atoms with E-state index in [1.807, 2.05) is 30.3 Å². The molecule has 1 saturated heterocycles. The fraction of sp³-hybridized carbons (Fsp3) is 0.231. The Morgan fingerprint density at radius 3 is 1.88 bits per heavy atom. The van der Waals surface area contributed by atoms with Gasteiger partial charge in [0.1, 0.15) is 11.6 Å². The Morgan fingerprint density at radius 2 is 1.30 bits per heavy atom. The smallest absolute Gasteiger partial charge is 0.247 e. The van der Waals surface area contributed by atoms with E-state index in [2.05, 4.69) is 20.0 Å². The maximum atomic E-state index is 13.5. The van der Waals surface area contributed by atoms with Gasteiger partial charge in [-0.15, -0.1) is 10.2 Å². The van der Waals surface area contributed by atoms with Crippen LogP contribution in [0.3, 0.4) is 0 Å². The summed E-state index contributed by atoms with van der Waals surface area (Å²) in [5.41, 5.74) is 2.88. The SMILES string of the molecule is Fc1ccc(C(c2ccc(F)cc2)N2CCN(Cc3nnc(-c4ccccc4)o3)CC2)cc1. The zero-order valence-electron chi connectivity index (χ0n) is 18.1. The van der Waals surface area contributed by atoms with Gasteiger partial charge in [-0.05, 0) is 47.5 Å². The van der Waals surface area contributed by atoms with Gasteiger partial charge in [-0.2, -0.15) is 0 Å². The van der Waals surface area contributed by atoms with Crippen LogP contribution in [0.1, 0.15) is 23.1 Å². The fourth-order valence-electron chi connectivity index (χ4n) is 4.29. The van der Waals surface area contributed by atoms with E-state index >= 15 is 0 Å². The Labute approximate surface area is 191 Å². The largest absolute Gasteiger partial charge is 0.419 e. The Kier molecular flexibility index (Phi) is 6.24. The summed E-state index contributed by atoms with van der Waals surface area (Å²) < 4.78 is 32.9. The minimum atomic E-state index is -0.268. The standard InChI is InChI=1S/C26H24F2N4O/c27-22-10-6-19(7-11-22)25(20-8-12-23(28)13-9-20)32-16-14-31(15-17-32)18-24-29-30-26(33-24)21-4-2-1-3-5-21/h1-13,25H,14-18H2. The van der Waals surface area contributed by atoms with Crippen LogP contribution >= 0.6 is 0 Å². The second-order valence-corrected chi connectivity index (χ2v) is 8.18. The molecule has 3 aromatic carbocycles. The molecule has 4 aromatic rings. The van der Waals surface area contributed by atoms with Crippen LogP contribution in [-0.2, 0) is 6.54 Å². The maximum Gasteiger partial charge on any atom is 0.247 e. The summed E-state index contributed by atoms with van der Waals surface area (Å²) in [5.74, 6) is 0.583. The molecule has 0 bridgehead atoms. The molecule has 0 spiro atoms. The number of halogens is 2. The van der Waals surface area contributed by atoms with Gasteiger partial charge < -0.3 is 4.42 Å². The number of piperazine rings is 1. The number of rotatable bonds is 6. The van der Waals surface area contributed by atoms with Crippen LogP contribution in [0.5, 0.6) is 0 Å². The predicted molar refractivity (Wildman–Crippen MR) is 121 cm³/mol. The van der Waals surface area contributed by atoms with Crippen molar-refractivity contribution in [3.05, 3.63) is 108 Å². The molecular formula is C26H24F2N4O. The van der Waals surface area contributed by atoms with E-state index in [9.17, 15) is 8.78 Å². The Bertz CT molecular complexity index is 1130. The number of hydrogen-bond donors (Lipinski definition) is 0. The van der Waals surface area contributed by atoms with Crippen LogP contribution in [-0.4, -0.2) is 46.2 Å².